The number of rotatable bonds is 7. The average Bonchev–Trinajstić information content (AvgIpc) is 2.02. The number of sulfone groups is 1. The summed E-state index contributed by atoms with van der Waals surface area (Å²) in [6.07, 6.45) is 1.76. The summed E-state index contributed by atoms with van der Waals surface area (Å²) in [5.41, 5.74) is 5.39. The van der Waals surface area contributed by atoms with Crippen LogP contribution in [0.15, 0.2) is 0 Å². The lowest BCUT2D eigenvalue weighted by atomic mass is 10.1. The van der Waals surface area contributed by atoms with Crippen molar-refractivity contribution in [2.24, 2.45) is 17.6 Å². The summed E-state index contributed by atoms with van der Waals surface area (Å²) in [5, 5.41) is 0. The molecule has 0 bridgehead atoms. The summed E-state index contributed by atoms with van der Waals surface area (Å²) in [6, 6.07) is 0. The first-order valence-corrected chi connectivity index (χ1v) is 7.10. The van der Waals surface area contributed by atoms with Gasteiger partial charge in [0.15, 0.2) is 9.84 Å². The third-order valence-corrected chi connectivity index (χ3v) is 4.17. The minimum absolute atomic E-state index is 0.0825. The van der Waals surface area contributed by atoms with E-state index in [2.05, 4.69) is 13.8 Å². The third kappa shape index (κ3) is 7.33. The zero-order valence-electron chi connectivity index (χ0n) is 9.49. The van der Waals surface area contributed by atoms with Crippen LogP contribution >= 0.6 is 0 Å². The van der Waals surface area contributed by atoms with Gasteiger partial charge in [-0.05, 0) is 24.8 Å². The van der Waals surface area contributed by atoms with Crippen LogP contribution in [0.25, 0.3) is 0 Å². The highest BCUT2D eigenvalue weighted by Gasteiger charge is 2.14. The molecule has 0 spiro atoms. The van der Waals surface area contributed by atoms with Gasteiger partial charge >= 0.3 is 0 Å². The van der Waals surface area contributed by atoms with E-state index in [9.17, 15) is 8.42 Å². The molecule has 0 aromatic heterocycles. The van der Waals surface area contributed by atoms with E-state index in [1.807, 2.05) is 6.92 Å². The van der Waals surface area contributed by atoms with E-state index < -0.39 is 9.84 Å². The largest absolute Gasteiger partial charge is 0.330 e. The van der Waals surface area contributed by atoms with Crippen LogP contribution in [-0.2, 0) is 9.84 Å². The molecule has 0 aromatic carbocycles. The van der Waals surface area contributed by atoms with Gasteiger partial charge in [-0.3, -0.25) is 0 Å². The average molecular weight is 221 g/mol. The highest BCUT2D eigenvalue weighted by atomic mass is 32.2. The van der Waals surface area contributed by atoms with Crippen LogP contribution in [-0.4, -0.2) is 26.5 Å². The van der Waals surface area contributed by atoms with Crippen LogP contribution in [0.4, 0.5) is 0 Å². The van der Waals surface area contributed by atoms with Gasteiger partial charge in [-0.15, -0.1) is 0 Å². The smallest absolute Gasteiger partial charge is 0.150 e. The van der Waals surface area contributed by atoms with Crippen LogP contribution in [0, 0.1) is 11.8 Å². The van der Waals surface area contributed by atoms with Crippen LogP contribution in [0.2, 0.25) is 0 Å². The molecule has 4 heteroatoms. The van der Waals surface area contributed by atoms with Crippen LogP contribution in [0.1, 0.15) is 33.6 Å². The van der Waals surface area contributed by atoms with Gasteiger partial charge in [0, 0.05) is 0 Å². The second kappa shape index (κ2) is 6.40. The van der Waals surface area contributed by atoms with Crippen molar-refractivity contribution >= 4 is 9.84 Å². The summed E-state index contributed by atoms with van der Waals surface area (Å²) in [7, 11) is -2.87. The van der Waals surface area contributed by atoms with Crippen molar-refractivity contribution in [1.29, 1.82) is 0 Å². The zero-order chi connectivity index (χ0) is 11.2. The highest BCUT2D eigenvalue weighted by molar-refractivity contribution is 7.91. The molecule has 0 aliphatic rings. The normalized spacial score (nSPS) is 14.6. The summed E-state index contributed by atoms with van der Waals surface area (Å²) in [5.74, 6) is 1.22. The quantitative estimate of drug-likeness (QED) is 0.707. The van der Waals surface area contributed by atoms with E-state index in [0.29, 0.717) is 18.2 Å². The molecule has 1 atom stereocenters. The number of hydrogen-bond acceptors (Lipinski definition) is 3. The van der Waals surface area contributed by atoms with Gasteiger partial charge in [0.25, 0.3) is 0 Å². The molecule has 0 heterocycles. The van der Waals surface area contributed by atoms with Crippen molar-refractivity contribution < 1.29 is 8.42 Å². The number of hydrogen-bond donors (Lipinski definition) is 1. The lowest BCUT2D eigenvalue weighted by Crippen LogP contribution is -2.23. The summed E-state index contributed by atoms with van der Waals surface area (Å²) in [4.78, 5) is 0. The Morgan fingerprint density at radius 3 is 2.21 bits per heavy atom. The lowest BCUT2D eigenvalue weighted by molar-refractivity contribution is 0.550. The molecule has 0 aromatic rings. The monoisotopic (exact) mass is 221 g/mol. The van der Waals surface area contributed by atoms with E-state index in [4.69, 9.17) is 5.73 Å². The molecule has 0 radical (unpaired) electrons. The van der Waals surface area contributed by atoms with Crippen molar-refractivity contribution in [2.45, 2.75) is 33.6 Å². The second-order valence-corrected chi connectivity index (χ2v) is 6.72. The molecule has 0 rings (SSSR count). The first-order valence-electron chi connectivity index (χ1n) is 5.28. The second-order valence-electron chi connectivity index (χ2n) is 4.49. The number of nitrogens with two attached hydrogens (primary N) is 1. The molecule has 14 heavy (non-hydrogen) atoms. The molecule has 0 fully saturated rings. The Labute approximate surface area is 88.0 Å². The SMILES string of the molecule is CC(C)CCCS(=O)(=O)CC(C)CN. The molecule has 0 saturated carbocycles. The molecule has 0 saturated heterocycles. The Morgan fingerprint density at radius 1 is 1.21 bits per heavy atom. The summed E-state index contributed by atoms with van der Waals surface area (Å²) < 4.78 is 23.1. The van der Waals surface area contributed by atoms with Crippen molar-refractivity contribution in [2.75, 3.05) is 18.1 Å². The standard InChI is InChI=1S/C10H23NO2S/c1-9(2)5-4-6-14(12,13)8-10(3)7-11/h9-10H,4-8,11H2,1-3H3. The Balaban J connectivity index is 3.84. The Morgan fingerprint density at radius 2 is 1.79 bits per heavy atom. The molecule has 3 nitrogen and oxygen atoms in total. The van der Waals surface area contributed by atoms with Crippen molar-refractivity contribution in [3.05, 3.63) is 0 Å². The molecular formula is C10H23NO2S. The van der Waals surface area contributed by atoms with Gasteiger partial charge in [0.2, 0.25) is 0 Å². The highest BCUT2D eigenvalue weighted by Crippen LogP contribution is 2.08. The first kappa shape index (κ1) is 13.9. The van der Waals surface area contributed by atoms with Gasteiger partial charge in [-0.2, -0.15) is 0 Å². The maximum absolute atomic E-state index is 11.5. The van der Waals surface area contributed by atoms with Crippen molar-refractivity contribution in [3.63, 3.8) is 0 Å². The van der Waals surface area contributed by atoms with E-state index in [-0.39, 0.29) is 11.7 Å². The Hall–Kier alpha value is -0.0900. The predicted molar refractivity (Wildman–Crippen MR) is 60.9 cm³/mol. The Bertz CT molecular complexity index is 235. The molecule has 86 valence electrons. The van der Waals surface area contributed by atoms with E-state index in [1.54, 1.807) is 0 Å². The summed E-state index contributed by atoms with van der Waals surface area (Å²) in [6.45, 7) is 6.54. The zero-order valence-corrected chi connectivity index (χ0v) is 10.3. The minimum Gasteiger partial charge on any atom is -0.330 e. The fraction of sp³-hybridized carbons (Fsp3) is 1.00. The van der Waals surface area contributed by atoms with Crippen LogP contribution in [0.3, 0.4) is 0 Å². The molecule has 2 N–H and O–H groups in total. The van der Waals surface area contributed by atoms with Gasteiger partial charge in [0.1, 0.15) is 0 Å². The lowest BCUT2D eigenvalue weighted by Gasteiger charge is -2.09. The minimum atomic E-state index is -2.87. The van der Waals surface area contributed by atoms with Crippen molar-refractivity contribution in [3.8, 4) is 0 Å². The molecule has 0 amide bonds. The van der Waals surface area contributed by atoms with Gasteiger partial charge in [-0.25, -0.2) is 8.42 Å². The predicted octanol–water partition coefficient (Wildman–Crippen LogP) is 1.43. The molecular weight excluding hydrogens is 198 g/mol. The molecule has 0 aliphatic heterocycles. The maximum Gasteiger partial charge on any atom is 0.150 e. The van der Waals surface area contributed by atoms with E-state index >= 15 is 0 Å². The van der Waals surface area contributed by atoms with E-state index in [1.165, 1.54) is 0 Å². The Kier molecular flexibility index (Phi) is 6.36. The molecule has 0 aliphatic carbocycles. The first-order chi connectivity index (χ1) is 6.37. The fourth-order valence-electron chi connectivity index (χ4n) is 1.30. The topological polar surface area (TPSA) is 60.2 Å². The van der Waals surface area contributed by atoms with Crippen LogP contribution in [0.5, 0.6) is 0 Å². The molecule has 1 unspecified atom stereocenters. The van der Waals surface area contributed by atoms with Gasteiger partial charge < -0.3 is 5.73 Å². The van der Waals surface area contributed by atoms with Crippen LogP contribution < -0.4 is 5.73 Å². The van der Waals surface area contributed by atoms with E-state index in [0.717, 1.165) is 12.8 Å². The fourth-order valence-corrected chi connectivity index (χ4v) is 3.07. The van der Waals surface area contributed by atoms with Crippen molar-refractivity contribution in [1.82, 2.24) is 0 Å². The maximum atomic E-state index is 11.5. The van der Waals surface area contributed by atoms with Gasteiger partial charge in [-0.1, -0.05) is 27.2 Å². The third-order valence-electron chi connectivity index (χ3n) is 2.18. The van der Waals surface area contributed by atoms with Gasteiger partial charge in [0.05, 0.1) is 11.5 Å². The summed E-state index contributed by atoms with van der Waals surface area (Å²) >= 11 is 0.